The second-order valence-corrected chi connectivity index (χ2v) is 7.13. The summed E-state index contributed by atoms with van der Waals surface area (Å²) in [6.07, 6.45) is 0.233. The molecule has 28 heavy (non-hydrogen) atoms. The first kappa shape index (κ1) is 19.7. The first-order chi connectivity index (χ1) is 13.3. The van der Waals surface area contributed by atoms with Crippen LogP contribution in [0.25, 0.3) is 0 Å². The van der Waals surface area contributed by atoms with Gasteiger partial charge in [-0.25, -0.2) is 0 Å². The molecule has 2 aromatic rings. The number of nitrogens with zero attached hydrogens (tertiary/aromatic N) is 1. The van der Waals surface area contributed by atoms with E-state index in [1.165, 1.54) is 6.92 Å². The van der Waals surface area contributed by atoms with Gasteiger partial charge in [0.1, 0.15) is 0 Å². The van der Waals surface area contributed by atoms with Crippen LogP contribution in [-0.4, -0.2) is 25.2 Å². The molecule has 0 saturated carbocycles. The maximum absolute atomic E-state index is 12.3. The van der Waals surface area contributed by atoms with Gasteiger partial charge in [-0.05, 0) is 49.6 Å². The lowest BCUT2D eigenvalue weighted by Crippen LogP contribution is -2.34. The van der Waals surface area contributed by atoms with Crippen molar-refractivity contribution in [1.29, 1.82) is 0 Å². The molecular weight excluding hydrogens is 356 g/mol. The van der Waals surface area contributed by atoms with E-state index in [0.717, 1.165) is 33.7 Å². The number of anilines is 1. The van der Waals surface area contributed by atoms with Crippen molar-refractivity contribution in [3.8, 4) is 11.5 Å². The Kier molecular flexibility index (Phi) is 5.87. The molecule has 1 aliphatic heterocycles. The Morgan fingerprint density at radius 2 is 1.71 bits per heavy atom. The van der Waals surface area contributed by atoms with E-state index in [4.69, 9.17) is 9.47 Å². The van der Waals surface area contributed by atoms with Crippen LogP contribution in [0.3, 0.4) is 0 Å². The van der Waals surface area contributed by atoms with E-state index >= 15 is 0 Å². The third kappa shape index (κ3) is 4.44. The number of amides is 2. The molecule has 2 amide bonds. The van der Waals surface area contributed by atoms with Crippen molar-refractivity contribution in [1.82, 2.24) is 5.32 Å². The lowest BCUT2D eigenvalue weighted by molar-refractivity contribution is -0.121. The van der Waals surface area contributed by atoms with Crippen LogP contribution in [0, 0.1) is 20.8 Å². The van der Waals surface area contributed by atoms with Crippen molar-refractivity contribution in [2.75, 3.05) is 18.2 Å². The Bertz CT molecular complexity index is 884. The Hall–Kier alpha value is -3.02. The summed E-state index contributed by atoms with van der Waals surface area (Å²) in [5.41, 5.74) is 5.05. The van der Waals surface area contributed by atoms with Crippen LogP contribution < -0.4 is 19.7 Å². The third-order valence-corrected chi connectivity index (χ3v) is 4.77. The standard InChI is InChI=1S/C22H26N2O4/c1-14-9-15(2)22(16(3)10-14)24(17(4)25)8-7-21(26)23-12-18-5-6-19-20(11-18)28-13-27-19/h5-6,9-11H,7-8,12-13H2,1-4H3,(H,23,26). The minimum atomic E-state index is -0.105. The molecule has 148 valence electrons. The van der Waals surface area contributed by atoms with Crippen molar-refractivity contribution < 1.29 is 19.1 Å². The monoisotopic (exact) mass is 382 g/mol. The predicted molar refractivity (Wildman–Crippen MR) is 108 cm³/mol. The van der Waals surface area contributed by atoms with E-state index < -0.39 is 0 Å². The zero-order chi connectivity index (χ0) is 20.3. The molecule has 0 unspecified atom stereocenters. The predicted octanol–water partition coefficient (Wildman–Crippen LogP) is 3.40. The van der Waals surface area contributed by atoms with Gasteiger partial charge < -0.3 is 19.7 Å². The fraction of sp³-hybridized carbons (Fsp3) is 0.364. The maximum Gasteiger partial charge on any atom is 0.231 e. The summed E-state index contributed by atoms with van der Waals surface area (Å²) in [5.74, 6) is 1.24. The Balaban J connectivity index is 1.60. The molecule has 2 aromatic carbocycles. The van der Waals surface area contributed by atoms with E-state index in [1.807, 2.05) is 39.0 Å². The number of hydrogen-bond donors (Lipinski definition) is 1. The number of fused-ring (bicyclic) bond motifs is 1. The van der Waals surface area contributed by atoms with Gasteiger partial charge in [-0.3, -0.25) is 9.59 Å². The highest BCUT2D eigenvalue weighted by Crippen LogP contribution is 2.32. The maximum atomic E-state index is 12.3. The number of benzene rings is 2. The lowest BCUT2D eigenvalue weighted by atomic mass is 10.0. The minimum absolute atomic E-state index is 0.0707. The van der Waals surface area contributed by atoms with E-state index in [2.05, 4.69) is 17.4 Å². The fourth-order valence-electron chi connectivity index (χ4n) is 3.58. The first-order valence-corrected chi connectivity index (χ1v) is 9.36. The molecular formula is C22H26N2O4. The second-order valence-electron chi connectivity index (χ2n) is 7.13. The molecule has 0 saturated heterocycles. The number of carbonyl (C=O) groups excluding carboxylic acids is 2. The first-order valence-electron chi connectivity index (χ1n) is 9.36. The van der Waals surface area contributed by atoms with Gasteiger partial charge in [-0.1, -0.05) is 23.8 Å². The summed E-state index contributed by atoms with van der Waals surface area (Å²) < 4.78 is 10.6. The highest BCUT2D eigenvalue weighted by atomic mass is 16.7. The molecule has 0 radical (unpaired) electrons. The fourth-order valence-corrected chi connectivity index (χ4v) is 3.58. The Morgan fingerprint density at radius 1 is 1.04 bits per heavy atom. The molecule has 0 fully saturated rings. The van der Waals surface area contributed by atoms with Crippen LogP contribution in [0.15, 0.2) is 30.3 Å². The van der Waals surface area contributed by atoms with Crippen LogP contribution in [-0.2, 0) is 16.1 Å². The van der Waals surface area contributed by atoms with E-state index in [-0.39, 0.29) is 25.0 Å². The molecule has 6 nitrogen and oxygen atoms in total. The number of hydrogen-bond acceptors (Lipinski definition) is 4. The van der Waals surface area contributed by atoms with Crippen molar-refractivity contribution in [2.24, 2.45) is 0 Å². The SMILES string of the molecule is CC(=O)N(CCC(=O)NCc1ccc2c(c1)OCO2)c1c(C)cc(C)cc1C. The van der Waals surface area contributed by atoms with Crippen LogP contribution in [0.5, 0.6) is 11.5 Å². The molecule has 1 heterocycles. The molecule has 0 spiro atoms. The number of carbonyl (C=O) groups is 2. The van der Waals surface area contributed by atoms with Gasteiger partial charge in [0.15, 0.2) is 11.5 Å². The lowest BCUT2D eigenvalue weighted by Gasteiger charge is -2.25. The molecule has 0 aromatic heterocycles. The average molecular weight is 382 g/mol. The smallest absolute Gasteiger partial charge is 0.231 e. The van der Waals surface area contributed by atoms with E-state index in [1.54, 1.807) is 4.90 Å². The summed E-state index contributed by atoms with van der Waals surface area (Å²) in [4.78, 5) is 26.2. The average Bonchev–Trinajstić information content (AvgIpc) is 3.09. The van der Waals surface area contributed by atoms with Gasteiger partial charge in [0.2, 0.25) is 18.6 Å². The Labute approximate surface area is 165 Å². The molecule has 0 bridgehead atoms. The van der Waals surface area contributed by atoms with Gasteiger partial charge in [-0.2, -0.15) is 0 Å². The van der Waals surface area contributed by atoms with Crippen molar-refractivity contribution in [2.45, 2.75) is 40.7 Å². The molecule has 0 atom stereocenters. The number of rotatable bonds is 6. The zero-order valence-electron chi connectivity index (χ0n) is 16.8. The summed E-state index contributed by atoms with van der Waals surface area (Å²) in [7, 11) is 0. The van der Waals surface area contributed by atoms with Crippen LogP contribution in [0.2, 0.25) is 0 Å². The molecule has 1 aliphatic rings. The van der Waals surface area contributed by atoms with Crippen LogP contribution in [0.4, 0.5) is 5.69 Å². The van der Waals surface area contributed by atoms with Gasteiger partial charge in [-0.15, -0.1) is 0 Å². The van der Waals surface area contributed by atoms with E-state index in [0.29, 0.717) is 18.8 Å². The topological polar surface area (TPSA) is 67.9 Å². The third-order valence-electron chi connectivity index (χ3n) is 4.77. The van der Waals surface area contributed by atoms with Crippen molar-refractivity contribution >= 4 is 17.5 Å². The number of ether oxygens (including phenoxy) is 2. The summed E-state index contributed by atoms with van der Waals surface area (Å²) in [6, 6.07) is 9.71. The van der Waals surface area contributed by atoms with Gasteiger partial charge in [0, 0.05) is 32.1 Å². The van der Waals surface area contributed by atoms with Crippen LogP contribution >= 0.6 is 0 Å². The zero-order valence-corrected chi connectivity index (χ0v) is 16.8. The summed E-state index contributed by atoms with van der Waals surface area (Å²) >= 11 is 0. The number of aryl methyl sites for hydroxylation is 3. The number of nitrogens with one attached hydrogen (secondary N) is 1. The van der Waals surface area contributed by atoms with Crippen molar-refractivity contribution in [3.63, 3.8) is 0 Å². The summed E-state index contributed by atoms with van der Waals surface area (Å²) in [5, 5.41) is 2.90. The quantitative estimate of drug-likeness (QED) is 0.831. The normalized spacial score (nSPS) is 12.0. The minimum Gasteiger partial charge on any atom is -0.454 e. The second kappa shape index (κ2) is 8.33. The molecule has 0 aliphatic carbocycles. The molecule has 6 heteroatoms. The highest BCUT2D eigenvalue weighted by Gasteiger charge is 2.18. The van der Waals surface area contributed by atoms with Gasteiger partial charge >= 0.3 is 0 Å². The van der Waals surface area contributed by atoms with Crippen molar-refractivity contribution in [3.05, 3.63) is 52.6 Å². The van der Waals surface area contributed by atoms with E-state index in [9.17, 15) is 9.59 Å². The highest BCUT2D eigenvalue weighted by molar-refractivity contribution is 5.94. The Morgan fingerprint density at radius 3 is 2.39 bits per heavy atom. The van der Waals surface area contributed by atoms with Gasteiger partial charge in [0.05, 0.1) is 0 Å². The molecule has 1 N–H and O–H groups in total. The molecule has 3 rings (SSSR count). The summed E-state index contributed by atoms with van der Waals surface area (Å²) in [6.45, 7) is 8.51. The largest absolute Gasteiger partial charge is 0.454 e. The van der Waals surface area contributed by atoms with Crippen LogP contribution in [0.1, 0.15) is 35.6 Å². The van der Waals surface area contributed by atoms with Gasteiger partial charge in [0.25, 0.3) is 0 Å².